The third kappa shape index (κ3) is 3.18. The summed E-state index contributed by atoms with van der Waals surface area (Å²) in [4.78, 5) is 12.3. The van der Waals surface area contributed by atoms with Crippen LogP contribution in [0.15, 0.2) is 42.5 Å². The Morgan fingerprint density at radius 1 is 1.22 bits per heavy atom. The third-order valence-electron chi connectivity index (χ3n) is 3.71. The van der Waals surface area contributed by atoms with Gasteiger partial charge in [0.05, 0.1) is 22.5 Å². The molecule has 1 aliphatic rings. The van der Waals surface area contributed by atoms with Crippen LogP contribution in [0, 0.1) is 0 Å². The number of anilines is 2. The summed E-state index contributed by atoms with van der Waals surface area (Å²) in [6.45, 7) is 0.427. The van der Waals surface area contributed by atoms with Crippen molar-refractivity contribution in [2.24, 2.45) is 0 Å². The first kappa shape index (κ1) is 15.8. The number of benzene rings is 2. The number of fused-ring (bicyclic) bond motifs is 1. The number of nitrogens with zero attached hydrogens (tertiary/aromatic N) is 1. The highest BCUT2D eigenvalue weighted by Crippen LogP contribution is 2.32. The van der Waals surface area contributed by atoms with Gasteiger partial charge in [-0.15, -0.1) is 0 Å². The highest BCUT2D eigenvalue weighted by molar-refractivity contribution is 7.92. The van der Waals surface area contributed by atoms with Crippen LogP contribution in [0.5, 0.6) is 0 Å². The summed E-state index contributed by atoms with van der Waals surface area (Å²) in [7, 11) is -3.32. The molecule has 1 N–H and O–H groups in total. The quantitative estimate of drug-likeness (QED) is 0.925. The molecule has 0 unspecified atom stereocenters. The van der Waals surface area contributed by atoms with E-state index in [0.717, 1.165) is 5.56 Å². The lowest BCUT2D eigenvalue weighted by Crippen LogP contribution is -2.27. The van der Waals surface area contributed by atoms with Crippen molar-refractivity contribution in [2.45, 2.75) is 6.42 Å². The molecule has 0 aromatic heterocycles. The van der Waals surface area contributed by atoms with Gasteiger partial charge in [-0.3, -0.25) is 9.10 Å². The number of carbonyl (C=O) groups is 1. The molecule has 0 saturated carbocycles. The molecule has 0 saturated heterocycles. The summed E-state index contributed by atoms with van der Waals surface area (Å²) < 4.78 is 25.0. The minimum atomic E-state index is -3.32. The van der Waals surface area contributed by atoms with E-state index < -0.39 is 10.0 Å². The monoisotopic (exact) mass is 350 g/mol. The molecule has 0 spiro atoms. The molecule has 0 atom stereocenters. The van der Waals surface area contributed by atoms with Crippen molar-refractivity contribution < 1.29 is 13.2 Å². The van der Waals surface area contributed by atoms with E-state index in [1.807, 2.05) is 6.07 Å². The van der Waals surface area contributed by atoms with Gasteiger partial charge in [0.25, 0.3) is 5.91 Å². The molecule has 23 heavy (non-hydrogen) atoms. The summed E-state index contributed by atoms with van der Waals surface area (Å²) in [5.74, 6) is -0.334. The molecule has 120 valence electrons. The lowest BCUT2D eigenvalue weighted by atomic mass is 10.1. The standard InChI is InChI=1S/C16H15ClN2O3S/c1-23(21,22)19-9-8-11-6-7-12(10-15(11)19)18-16(20)13-4-2-3-5-14(13)17/h2-7,10H,8-9H2,1H3,(H,18,20). The highest BCUT2D eigenvalue weighted by atomic mass is 35.5. The first-order valence-corrected chi connectivity index (χ1v) is 9.25. The smallest absolute Gasteiger partial charge is 0.257 e. The molecule has 0 radical (unpaired) electrons. The van der Waals surface area contributed by atoms with Crippen molar-refractivity contribution in [3.63, 3.8) is 0 Å². The molecule has 3 rings (SSSR count). The van der Waals surface area contributed by atoms with Crippen molar-refractivity contribution in [2.75, 3.05) is 22.4 Å². The predicted octanol–water partition coefficient (Wildman–Crippen LogP) is 2.91. The van der Waals surface area contributed by atoms with Gasteiger partial charge in [0, 0.05) is 12.2 Å². The van der Waals surface area contributed by atoms with E-state index in [4.69, 9.17) is 11.6 Å². The number of hydrogen-bond donors (Lipinski definition) is 1. The fourth-order valence-corrected chi connectivity index (χ4v) is 3.79. The Hall–Kier alpha value is -2.05. The minimum absolute atomic E-state index is 0.334. The van der Waals surface area contributed by atoms with Crippen LogP contribution < -0.4 is 9.62 Å². The van der Waals surface area contributed by atoms with Gasteiger partial charge in [0.2, 0.25) is 10.0 Å². The fraction of sp³-hybridized carbons (Fsp3) is 0.188. The molecule has 0 bridgehead atoms. The number of rotatable bonds is 3. The first-order valence-electron chi connectivity index (χ1n) is 7.03. The van der Waals surface area contributed by atoms with Crippen LogP contribution in [0.2, 0.25) is 5.02 Å². The third-order valence-corrected chi connectivity index (χ3v) is 5.22. The zero-order chi connectivity index (χ0) is 16.6. The molecule has 2 aromatic carbocycles. The van der Waals surface area contributed by atoms with Crippen molar-refractivity contribution in [3.8, 4) is 0 Å². The maximum absolute atomic E-state index is 12.3. The van der Waals surface area contributed by atoms with Crippen LogP contribution in [0.4, 0.5) is 11.4 Å². The van der Waals surface area contributed by atoms with E-state index in [1.165, 1.54) is 10.6 Å². The van der Waals surface area contributed by atoms with Crippen LogP contribution in [-0.2, 0) is 16.4 Å². The van der Waals surface area contributed by atoms with Crippen molar-refractivity contribution in [1.29, 1.82) is 0 Å². The summed E-state index contributed by atoms with van der Waals surface area (Å²) in [5.41, 5.74) is 2.47. The number of hydrogen-bond acceptors (Lipinski definition) is 3. The average Bonchev–Trinajstić information content (AvgIpc) is 2.90. The van der Waals surface area contributed by atoms with Gasteiger partial charge < -0.3 is 5.32 Å². The molecular weight excluding hydrogens is 336 g/mol. The lowest BCUT2D eigenvalue weighted by molar-refractivity contribution is 0.102. The molecule has 1 heterocycles. The SMILES string of the molecule is CS(=O)(=O)N1CCc2ccc(NC(=O)c3ccccc3Cl)cc21. The Kier molecular flexibility index (Phi) is 4.04. The molecule has 1 aliphatic heterocycles. The van der Waals surface area contributed by atoms with E-state index in [9.17, 15) is 13.2 Å². The topological polar surface area (TPSA) is 66.5 Å². The van der Waals surface area contributed by atoms with Gasteiger partial charge in [-0.25, -0.2) is 8.42 Å². The van der Waals surface area contributed by atoms with E-state index >= 15 is 0 Å². The second-order valence-corrected chi connectivity index (χ2v) is 7.68. The summed E-state index contributed by atoms with van der Waals surface area (Å²) >= 11 is 6.01. The molecule has 0 aliphatic carbocycles. The number of halogens is 1. The highest BCUT2D eigenvalue weighted by Gasteiger charge is 2.26. The Morgan fingerprint density at radius 2 is 1.96 bits per heavy atom. The van der Waals surface area contributed by atoms with Crippen LogP contribution in [-0.4, -0.2) is 27.1 Å². The number of amides is 1. The van der Waals surface area contributed by atoms with Crippen molar-refractivity contribution >= 4 is 38.9 Å². The minimum Gasteiger partial charge on any atom is -0.322 e. The largest absolute Gasteiger partial charge is 0.322 e. The molecule has 2 aromatic rings. The van der Waals surface area contributed by atoms with Crippen molar-refractivity contribution in [1.82, 2.24) is 0 Å². The van der Waals surface area contributed by atoms with E-state index in [-0.39, 0.29) is 5.91 Å². The van der Waals surface area contributed by atoms with Crippen LogP contribution in [0.25, 0.3) is 0 Å². The zero-order valence-electron chi connectivity index (χ0n) is 12.4. The zero-order valence-corrected chi connectivity index (χ0v) is 14.0. The van der Waals surface area contributed by atoms with Gasteiger partial charge >= 0.3 is 0 Å². The van der Waals surface area contributed by atoms with E-state index in [0.29, 0.717) is 34.9 Å². The number of nitrogens with one attached hydrogen (secondary N) is 1. The van der Waals surface area contributed by atoms with E-state index in [2.05, 4.69) is 5.32 Å². The lowest BCUT2D eigenvalue weighted by Gasteiger charge is -2.17. The second-order valence-electron chi connectivity index (χ2n) is 5.36. The Bertz CT molecular complexity index is 881. The Balaban J connectivity index is 1.89. The van der Waals surface area contributed by atoms with Gasteiger partial charge in [-0.2, -0.15) is 0 Å². The molecular formula is C16H15ClN2O3S. The first-order chi connectivity index (χ1) is 10.9. The van der Waals surface area contributed by atoms with Crippen molar-refractivity contribution in [3.05, 3.63) is 58.6 Å². The van der Waals surface area contributed by atoms with Gasteiger partial charge in [-0.1, -0.05) is 29.8 Å². The maximum atomic E-state index is 12.3. The molecule has 5 nitrogen and oxygen atoms in total. The fourth-order valence-electron chi connectivity index (χ4n) is 2.62. The normalized spacial score (nSPS) is 13.7. The second kappa shape index (κ2) is 5.86. The Morgan fingerprint density at radius 3 is 2.65 bits per heavy atom. The van der Waals surface area contributed by atoms with Gasteiger partial charge in [0.15, 0.2) is 0 Å². The molecule has 1 amide bonds. The van der Waals surface area contributed by atoms with Crippen LogP contribution >= 0.6 is 11.6 Å². The summed E-state index contributed by atoms with van der Waals surface area (Å²) in [6, 6.07) is 12.0. The maximum Gasteiger partial charge on any atom is 0.257 e. The van der Waals surface area contributed by atoms with Crippen LogP contribution in [0.1, 0.15) is 15.9 Å². The van der Waals surface area contributed by atoms with Gasteiger partial charge in [0.1, 0.15) is 0 Å². The molecule has 7 heteroatoms. The summed E-state index contributed by atoms with van der Waals surface area (Å²) in [6.07, 6.45) is 1.85. The number of sulfonamides is 1. The predicted molar refractivity (Wildman–Crippen MR) is 91.7 cm³/mol. The molecule has 0 fully saturated rings. The Labute approximate surface area is 139 Å². The van der Waals surface area contributed by atoms with Gasteiger partial charge in [-0.05, 0) is 36.2 Å². The average molecular weight is 351 g/mol. The van der Waals surface area contributed by atoms with Crippen LogP contribution in [0.3, 0.4) is 0 Å². The van der Waals surface area contributed by atoms with E-state index in [1.54, 1.807) is 36.4 Å². The summed E-state index contributed by atoms with van der Waals surface area (Å²) in [5, 5.41) is 3.12. The number of carbonyl (C=O) groups excluding carboxylic acids is 1.